The summed E-state index contributed by atoms with van der Waals surface area (Å²) in [7, 11) is 0. The quantitative estimate of drug-likeness (QED) is 0.281. The predicted octanol–water partition coefficient (Wildman–Crippen LogP) is 0.248. The summed E-state index contributed by atoms with van der Waals surface area (Å²) in [5.74, 6) is 0. The zero-order chi connectivity index (χ0) is 13.6. The lowest BCUT2D eigenvalue weighted by Crippen LogP contribution is -2.23. The second kappa shape index (κ2) is 12.8. The zero-order valence-corrected chi connectivity index (χ0v) is 10.9. The first-order valence-corrected chi connectivity index (χ1v) is 6.19. The van der Waals surface area contributed by atoms with Crippen molar-refractivity contribution in [1.82, 2.24) is 0 Å². The van der Waals surface area contributed by atoms with Gasteiger partial charge in [-0.2, -0.15) is 4.91 Å². The molecule has 0 saturated heterocycles. The van der Waals surface area contributed by atoms with E-state index in [9.17, 15) is 4.91 Å². The number of aliphatic hydroxyl groups excluding tert-OH is 1. The topological polar surface area (TPSA) is 103 Å². The number of rotatable bonds is 13. The number of hydrogen-bond acceptors (Lipinski definition) is 7. The minimum atomic E-state index is -0.442. The van der Waals surface area contributed by atoms with E-state index in [1.165, 1.54) is 0 Å². The van der Waals surface area contributed by atoms with Gasteiger partial charge in [-0.3, -0.25) is 0 Å². The van der Waals surface area contributed by atoms with E-state index in [2.05, 4.69) is 5.18 Å². The third-order valence-corrected chi connectivity index (χ3v) is 2.19. The zero-order valence-electron chi connectivity index (χ0n) is 10.9. The smallest absolute Gasteiger partial charge is 0.157 e. The second-order valence-corrected chi connectivity index (χ2v) is 3.83. The minimum Gasteiger partial charge on any atom is -0.394 e. The molecule has 0 radical (unpaired) electrons. The van der Waals surface area contributed by atoms with E-state index >= 15 is 0 Å². The monoisotopic (exact) mass is 264 g/mol. The van der Waals surface area contributed by atoms with E-state index in [0.717, 1.165) is 0 Å². The molecule has 2 unspecified atom stereocenters. The van der Waals surface area contributed by atoms with Gasteiger partial charge in [0.05, 0.1) is 39.1 Å². The van der Waals surface area contributed by atoms with Gasteiger partial charge < -0.3 is 25.1 Å². The molecule has 7 heteroatoms. The second-order valence-electron chi connectivity index (χ2n) is 3.83. The minimum absolute atomic E-state index is 0.0645. The van der Waals surface area contributed by atoms with Crippen molar-refractivity contribution in [1.29, 1.82) is 0 Å². The lowest BCUT2D eigenvalue weighted by atomic mass is 10.2. The maximum atomic E-state index is 10.3. The van der Waals surface area contributed by atoms with Crippen molar-refractivity contribution in [3.8, 4) is 0 Å². The Bertz CT molecular complexity index is 194. The van der Waals surface area contributed by atoms with Crippen LogP contribution in [-0.4, -0.2) is 57.0 Å². The van der Waals surface area contributed by atoms with Gasteiger partial charge in [0.2, 0.25) is 0 Å². The van der Waals surface area contributed by atoms with Crippen molar-refractivity contribution in [2.75, 3.05) is 39.6 Å². The summed E-state index contributed by atoms with van der Waals surface area (Å²) in [6, 6.07) is -0.262. The number of nitrogens with zero attached hydrogens (tertiary/aromatic N) is 1. The number of nitroso groups, excluding NO2 is 1. The average molecular weight is 264 g/mol. The molecule has 0 aromatic carbocycles. The van der Waals surface area contributed by atoms with Gasteiger partial charge in [0.25, 0.3) is 0 Å². The van der Waals surface area contributed by atoms with Crippen molar-refractivity contribution in [3.05, 3.63) is 4.91 Å². The Morgan fingerprint density at radius 1 is 1.17 bits per heavy atom. The van der Waals surface area contributed by atoms with Gasteiger partial charge >= 0.3 is 0 Å². The highest BCUT2D eigenvalue weighted by Gasteiger charge is 2.12. The number of nitrogens with two attached hydrogens (primary N) is 1. The van der Waals surface area contributed by atoms with Crippen molar-refractivity contribution >= 4 is 0 Å². The molecular weight excluding hydrogens is 240 g/mol. The first-order valence-electron chi connectivity index (χ1n) is 6.19. The molecule has 2 atom stereocenters. The molecule has 18 heavy (non-hydrogen) atoms. The maximum absolute atomic E-state index is 10.3. The molecule has 0 spiro atoms. The molecule has 7 nitrogen and oxygen atoms in total. The van der Waals surface area contributed by atoms with Crippen LogP contribution in [0.15, 0.2) is 5.18 Å². The van der Waals surface area contributed by atoms with Crippen LogP contribution < -0.4 is 5.73 Å². The van der Waals surface area contributed by atoms with Gasteiger partial charge in [0.15, 0.2) is 6.29 Å². The van der Waals surface area contributed by atoms with Gasteiger partial charge in [-0.05, 0) is 13.3 Å². The Labute approximate surface area is 108 Å². The summed E-state index contributed by atoms with van der Waals surface area (Å²) in [5.41, 5.74) is 5.27. The van der Waals surface area contributed by atoms with Crippen molar-refractivity contribution < 1.29 is 19.3 Å². The molecule has 0 rings (SSSR count). The number of hydrogen-bond donors (Lipinski definition) is 2. The molecular formula is C11H24N2O5. The largest absolute Gasteiger partial charge is 0.394 e. The highest BCUT2D eigenvalue weighted by molar-refractivity contribution is 4.60. The van der Waals surface area contributed by atoms with E-state index in [1.54, 1.807) is 6.92 Å². The van der Waals surface area contributed by atoms with Gasteiger partial charge in [-0.25, -0.2) is 0 Å². The van der Waals surface area contributed by atoms with Crippen LogP contribution in [0.25, 0.3) is 0 Å². The molecule has 0 aliphatic carbocycles. The van der Waals surface area contributed by atoms with E-state index in [-0.39, 0.29) is 19.3 Å². The summed E-state index contributed by atoms with van der Waals surface area (Å²) in [5, 5.41) is 11.6. The Morgan fingerprint density at radius 2 is 1.89 bits per heavy atom. The molecule has 108 valence electrons. The van der Waals surface area contributed by atoms with Crippen molar-refractivity contribution in [2.24, 2.45) is 10.9 Å². The van der Waals surface area contributed by atoms with Crippen molar-refractivity contribution in [3.63, 3.8) is 0 Å². The number of ether oxygens (including phenoxy) is 3. The Hall–Kier alpha value is -0.600. The normalized spacial score (nSPS) is 14.4. The standard InChI is InChI=1S/C11H24N2O5/c1-10(13-15)2-3-11(17-7-5-14)18-9-8-16-6-4-12/h10-11,14H,2-9,12H2,1H3. The van der Waals surface area contributed by atoms with Crippen LogP contribution in [-0.2, 0) is 14.2 Å². The first-order chi connectivity index (χ1) is 8.74. The average Bonchev–Trinajstić information content (AvgIpc) is 2.40. The van der Waals surface area contributed by atoms with E-state index in [4.69, 9.17) is 25.1 Å². The molecule has 0 saturated carbocycles. The van der Waals surface area contributed by atoms with Crippen LogP contribution in [0.3, 0.4) is 0 Å². The van der Waals surface area contributed by atoms with Gasteiger partial charge in [0.1, 0.15) is 0 Å². The molecule has 0 amide bonds. The fourth-order valence-corrected chi connectivity index (χ4v) is 1.25. The summed E-state index contributed by atoms with van der Waals surface area (Å²) >= 11 is 0. The molecule has 3 N–H and O–H groups in total. The predicted molar refractivity (Wildman–Crippen MR) is 67.1 cm³/mol. The Morgan fingerprint density at radius 3 is 2.50 bits per heavy atom. The maximum Gasteiger partial charge on any atom is 0.157 e. The lowest BCUT2D eigenvalue weighted by molar-refractivity contribution is -0.159. The van der Waals surface area contributed by atoms with Gasteiger partial charge in [0, 0.05) is 13.0 Å². The molecule has 0 aliphatic rings. The third-order valence-electron chi connectivity index (χ3n) is 2.19. The van der Waals surface area contributed by atoms with Crippen LogP contribution in [0.4, 0.5) is 0 Å². The van der Waals surface area contributed by atoms with Crippen LogP contribution in [0.1, 0.15) is 19.8 Å². The number of aliphatic hydroxyl groups is 1. The summed E-state index contributed by atoms with van der Waals surface area (Å²) in [6.07, 6.45) is 0.704. The molecule has 0 heterocycles. The summed E-state index contributed by atoms with van der Waals surface area (Å²) in [6.45, 7) is 3.68. The Balaban J connectivity index is 3.72. The highest BCUT2D eigenvalue weighted by atomic mass is 16.7. The highest BCUT2D eigenvalue weighted by Crippen LogP contribution is 2.09. The third kappa shape index (κ3) is 10.5. The SMILES string of the molecule is CC(CCC(OCCO)OCCOCCN)N=O. The lowest BCUT2D eigenvalue weighted by Gasteiger charge is -2.18. The van der Waals surface area contributed by atoms with Crippen molar-refractivity contribution in [2.45, 2.75) is 32.1 Å². The van der Waals surface area contributed by atoms with Gasteiger partial charge in [-0.15, -0.1) is 0 Å². The van der Waals surface area contributed by atoms with E-state index in [1.807, 2.05) is 0 Å². The molecule has 0 fully saturated rings. The molecule has 0 bridgehead atoms. The van der Waals surface area contributed by atoms with E-state index < -0.39 is 6.29 Å². The fraction of sp³-hybridized carbons (Fsp3) is 1.00. The van der Waals surface area contributed by atoms with Crippen LogP contribution >= 0.6 is 0 Å². The van der Waals surface area contributed by atoms with Crippen LogP contribution in [0.5, 0.6) is 0 Å². The van der Waals surface area contributed by atoms with E-state index in [0.29, 0.717) is 39.2 Å². The summed E-state index contributed by atoms with van der Waals surface area (Å²) in [4.78, 5) is 10.3. The summed E-state index contributed by atoms with van der Waals surface area (Å²) < 4.78 is 15.9. The first kappa shape index (κ1) is 17.4. The molecule has 0 aliphatic heterocycles. The fourth-order valence-electron chi connectivity index (χ4n) is 1.25. The molecule has 0 aromatic heterocycles. The van der Waals surface area contributed by atoms with Crippen LogP contribution in [0.2, 0.25) is 0 Å². The molecule has 0 aromatic rings. The Kier molecular flexibility index (Phi) is 12.4. The van der Waals surface area contributed by atoms with Crippen LogP contribution in [0, 0.1) is 4.91 Å². The van der Waals surface area contributed by atoms with Gasteiger partial charge in [-0.1, -0.05) is 5.18 Å².